The van der Waals surface area contributed by atoms with Crippen molar-refractivity contribution >= 4 is 51.2 Å². The van der Waals surface area contributed by atoms with Gasteiger partial charge >= 0.3 is 0 Å². The standard InChI is InChI=1S/C19H14BrN3O2S/c1-2-8-23-18(25)16(17(24)22-19(23)26)10-13-11-21-7-6-15(13)12-4-3-5-14(20)9-12/h2-7,9-11H,1,8H2,(H,22,24,26). The highest BCUT2D eigenvalue weighted by Crippen LogP contribution is 2.28. The predicted octanol–water partition coefficient (Wildman–Crippen LogP) is 3.32. The maximum Gasteiger partial charge on any atom is 0.265 e. The number of hydrogen-bond donors (Lipinski definition) is 1. The molecule has 0 radical (unpaired) electrons. The summed E-state index contributed by atoms with van der Waals surface area (Å²) in [7, 11) is 0. The molecule has 1 N–H and O–H groups in total. The van der Waals surface area contributed by atoms with Gasteiger partial charge in [-0.05, 0) is 47.6 Å². The van der Waals surface area contributed by atoms with Gasteiger partial charge in [0.1, 0.15) is 5.57 Å². The highest BCUT2D eigenvalue weighted by molar-refractivity contribution is 9.10. The molecular formula is C19H14BrN3O2S. The average molecular weight is 428 g/mol. The van der Waals surface area contributed by atoms with Crippen LogP contribution in [-0.2, 0) is 9.59 Å². The highest BCUT2D eigenvalue weighted by atomic mass is 79.9. The monoisotopic (exact) mass is 427 g/mol. The summed E-state index contributed by atoms with van der Waals surface area (Å²) in [6, 6.07) is 9.59. The average Bonchev–Trinajstić information content (AvgIpc) is 2.62. The van der Waals surface area contributed by atoms with Crippen LogP contribution in [-0.4, -0.2) is 33.4 Å². The molecule has 0 atom stereocenters. The van der Waals surface area contributed by atoms with Crippen LogP contribution in [0.15, 0.2) is 65.4 Å². The number of carbonyl (C=O) groups is 2. The molecule has 26 heavy (non-hydrogen) atoms. The zero-order valence-corrected chi connectivity index (χ0v) is 16.0. The fraction of sp³-hybridized carbons (Fsp3) is 0.0526. The molecule has 0 bridgehead atoms. The van der Waals surface area contributed by atoms with E-state index >= 15 is 0 Å². The number of rotatable bonds is 4. The van der Waals surface area contributed by atoms with Gasteiger partial charge < -0.3 is 0 Å². The lowest BCUT2D eigenvalue weighted by molar-refractivity contribution is -0.128. The third-order valence-electron chi connectivity index (χ3n) is 3.78. The molecule has 3 rings (SSSR count). The number of nitrogens with one attached hydrogen (secondary N) is 1. The van der Waals surface area contributed by atoms with Gasteiger partial charge in [-0.15, -0.1) is 6.58 Å². The molecule has 1 saturated heterocycles. The minimum Gasteiger partial charge on any atom is -0.298 e. The number of thiocarbonyl (C=S) groups is 1. The molecule has 1 aliphatic rings. The number of carbonyl (C=O) groups excluding carboxylic acids is 2. The molecule has 1 aromatic heterocycles. The molecule has 2 heterocycles. The SMILES string of the molecule is C=CCN1C(=O)C(=Cc2cnccc2-c2cccc(Br)c2)C(=O)NC1=S. The number of halogens is 1. The maximum absolute atomic E-state index is 12.7. The Balaban J connectivity index is 2.07. The molecule has 1 aliphatic heterocycles. The minimum absolute atomic E-state index is 0.00435. The summed E-state index contributed by atoms with van der Waals surface area (Å²) in [6.45, 7) is 3.84. The van der Waals surface area contributed by atoms with Crippen molar-refractivity contribution in [3.63, 3.8) is 0 Å². The highest BCUT2D eigenvalue weighted by Gasteiger charge is 2.32. The fourth-order valence-corrected chi connectivity index (χ4v) is 3.23. The third-order valence-corrected chi connectivity index (χ3v) is 4.60. The Kier molecular flexibility index (Phi) is 5.39. The molecule has 5 nitrogen and oxygen atoms in total. The smallest absolute Gasteiger partial charge is 0.265 e. The van der Waals surface area contributed by atoms with E-state index in [-0.39, 0.29) is 17.2 Å². The Morgan fingerprint density at radius 3 is 2.85 bits per heavy atom. The number of nitrogens with zero attached hydrogens (tertiary/aromatic N) is 2. The van der Waals surface area contributed by atoms with E-state index in [9.17, 15) is 9.59 Å². The second-order valence-corrected chi connectivity index (χ2v) is 6.80. The number of hydrogen-bond acceptors (Lipinski definition) is 4. The van der Waals surface area contributed by atoms with Gasteiger partial charge in [0.05, 0.1) is 0 Å². The van der Waals surface area contributed by atoms with Crippen molar-refractivity contribution in [2.45, 2.75) is 0 Å². The molecule has 0 unspecified atom stereocenters. The van der Waals surface area contributed by atoms with Gasteiger partial charge in [0.2, 0.25) is 0 Å². The third kappa shape index (κ3) is 3.63. The van der Waals surface area contributed by atoms with E-state index in [0.29, 0.717) is 5.56 Å². The van der Waals surface area contributed by atoms with Crippen LogP contribution in [0.3, 0.4) is 0 Å². The van der Waals surface area contributed by atoms with E-state index in [1.54, 1.807) is 24.5 Å². The summed E-state index contributed by atoms with van der Waals surface area (Å²) in [5.41, 5.74) is 2.47. The first-order valence-electron chi connectivity index (χ1n) is 7.71. The van der Waals surface area contributed by atoms with Crippen LogP contribution in [0.1, 0.15) is 5.56 Å². The Hall–Kier alpha value is -2.64. The Morgan fingerprint density at radius 1 is 1.31 bits per heavy atom. The first-order valence-corrected chi connectivity index (χ1v) is 8.91. The molecule has 1 fully saturated rings. The topological polar surface area (TPSA) is 62.3 Å². The van der Waals surface area contributed by atoms with Crippen LogP contribution >= 0.6 is 28.1 Å². The van der Waals surface area contributed by atoms with Gasteiger partial charge in [-0.1, -0.05) is 34.1 Å². The molecule has 0 saturated carbocycles. The van der Waals surface area contributed by atoms with Crippen molar-refractivity contribution < 1.29 is 9.59 Å². The summed E-state index contributed by atoms with van der Waals surface area (Å²) in [6.07, 6.45) is 6.38. The van der Waals surface area contributed by atoms with E-state index in [2.05, 4.69) is 32.8 Å². The Labute approximate surface area is 164 Å². The van der Waals surface area contributed by atoms with Crippen LogP contribution in [0, 0.1) is 0 Å². The van der Waals surface area contributed by atoms with E-state index in [0.717, 1.165) is 15.6 Å². The lowest BCUT2D eigenvalue weighted by Gasteiger charge is -2.27. The quantitative estimate of drug-likeness (QED) is 0.351. The molecule has 0 aliphatic carbocycles. The number of pyridine rings is 1. The molecule has 0 spiro atoms. The molecule has 2 aromatic rings. The molecular weight excluding hydrogens is 414 g/mol. The van der Waals surface area contributed by atoms with Gasteiger partial charge in [0.15, 0.2) is 5.11 Å². The Bertz CT molecular complexity index is 955. The first kappa shape index (κ1) is 18.2. The zero-order valence-electron chi connectivity index (χ0n) is 13.6. The van der Waals surface area contributed by atoms with Crippen molar-refractivity contribution in [2.75, 3.05) is 6.54 Å². The normalized spacial score (nSPS) is 16.0. The first-order chi connectivity index (χ1) is 12.5. The molecule has 7 heteroatoms. The van der Waals surface area contributed by atoms with Crippen LogP contribution in [0.5, 0.6) is 0 Å². The summed E-state index contributed by atoms with van der Waals surface area (Å²) < 4.78 is 0.930. The molecule has 2 amide bonds. The van der Waals surface area contributed by atoms with Crippen LogP contribution < -0.4 is 5.32 Å². The van der Waals surface area contributed by atoms with Crippen molar-refractivity contribution in [3.8, 4) is 11.1 Å². The zero-order chi connectivity index (χ0) is 18.7. The Morgan fingerprint density at radius 2 is 2.12 bits per heavy atom. The number of benzene rings is 1. The van der Waals surface area contributed by atoms with Crippen LogP contribution in [0.4, 0.5) is 0 Å². The van der Waals surface area contributed by atoms with Crippen LogP contribution in [0.25, 0.3) is 17.2 Å². The predicted molar refractivity (Wildman–Crippen MR) is 108 cm³/mol. The summed E-state index contributed by atoms with van der Waals surface area (Å²) >= 11 is 8.52. The number of amides is 2. The largest absolute Gasteiger partial charge is 0.298 e. The lowest BCUT2D eigenvalue weighted by Crippen LogP contribution is -2.53. The summed E-state index contributed by atoms with van der Waals surface area (Å²) in [5.74, 6) is -0.980. The van der Waals surface area contributed by atoms with E-state index < -0.39 is 11.8 Å². The number of aromatic nitrogens is 1. The minimum atomic E-state index is -0.524. The van der Waals surface area contributed by atoms with Crippen molar-refractivity contribution in [1.29, 1.82) is 0 Å². The lowest BCUT2D eigenvalue weighted by atomic mass is 9.99. The summed E-state index contributed by atoms with van der Waals surface area (Å²) in [4.78, 5) is 30.4. The fourth-order valence-electron chi connectivity index (χ4n) is 2.58. The van der Waals surface area contributed by atoms with E-state index in [1.807, 2.05) is 30.3 Å². The maximum atomic E-state index is 12.7. The molecule has 130 valence electrons. The van der Waals surface area contributed by atoms with E-state index in [1.165, 1.54) is 4.90 Å². The summed E-state index contributed by atoms with van der Waals surface area (Å²) in [5, 5.41) is 2.62. The van der Waals surface area contributed by atoms with Gasteiger partial charge in [-0.2, -0.15) is 0 Å². The van der Waals surface area contributed by atoms with Gasteiger partial charge in [0, 0.05) is 29.0 Å². The second-order valence-electron chi connectivity index (χ2n) is 5.49. The van der Waals surface area contributed by atoms with Crippen molar-refractivity contribution in [2.24, 2.45) is 0 Å². The van der Waals surface area contributed by atoms with Crippen molar-refractivity contribution in [1.82, 2.24) is 15.2 Å². The van der Waals surface area contributed by atoms with Crippen LogP contribution in [0.2, 0.25) is 0 Å². The molecule has 1 aromatic carbocycles. The van der Waals surface area contributed by atoms with E-state index in [4.69, 9.17) is 12.2 Å². The van der Waals surface area contributed by atoms with Gasteiger partial charge in [-0.3, -0.25) is 24.8 Å². The van der Waals surface area contributed by atoms with Gasteiger partial charge in [-0.25, -0.2) is 0 Å². The van der Waals surface area contributed by atoms with Gasteiger partial charge in [0.25, 0.3) is 11.8 Å². The second kappa shape index (κ2) is 7.72. The van der Waals surface area contributed by atoms with Crippen molar-refractivity contribution in [3.05, 3.63) is 71.0 Å².